The molecule has 9 heteroatoms. The number of carboxylic acids is 1. The number of halogens is 3. The van der Waals surface area contributed by atoms with Crippen LogP contribution in [0.3, 0.4) is 0 Å². The van der Waals surface area contributed by atoms with E-state index in [1.54, 1.807) is 13.4 Å². The molecule has 1 fully saturated rings. The third-order valence-corrected chi connectivity index (χ3v) is 4.76. The fourth-order valence-corrected chi connectivity index (χ4v) is 3.46. The molecule has 1 aliphatic heterocycles. The maximum absolute atomic E-state index is 10.6. The number of alkyl halides is 3. The van der Waals surface area contributed by atoms with E-state index in [1.165, 1.54) is 43.5 Å². The third kappa shape index (κ3) is 5.82. The Morgan fingerprint density at radius 3 is 2.46 bits per heavy atom. The van der Waals surface area contributed by atoms with Gasteiger partial charge in [0, 0.05) is 31.6 Å². The fraction of sp³-hybridized carbons (Fsp3) is 0.706. The van der Waals surface area contributed by atoms with Crippen molar-refractivity contribution in [2.75, 3.05) is 26.7 Å². The van der Waals surface area contributed by atoms with Gasteiger partial charge >= 0.3 is 12.1 Å². The highest BCUT2D eigenvalue weighted by molar-refractivity contribution is 5.73. The van der Waals surface area contributed by atoms with E-state index in [-0.39, 0.29) is 0 Å². The van der Waals surface area contributed by atoms with Gasteiger partial charge in [-0.15, -0.1) is 0 Å². The Labute approximate surface area is 150 Å². The first kappa shape index (κ1) is 20.4. The molecule has 1 N–H and O–H groups in total. The predicted molar refractivity (Wildman–Crippen MR) is 88.1 cm³/mol. The average molecular weight is 375 g/mol. The van der Waals surface area contributed by atoms with Crippen molar-refractivity contribution in [2.24, 2.45) is 5.92 Å². The van der Waals surface area contributed by atoms with Crippen molar-refractivity contribution >= 4 is 5.97 Å². The summed E-state index contributed by atoms with van der Waals surface area (Å²) in [6.07, 6.45) is 4.30. The van der Waals surface area contributed by atoms with Crippen LogP contribution in [0.2, 0.25) is 0 Å². The predicted octanol–water partition coefficient (Wildman–Crippen LogP) is 2.71. The zero-order chi connectivity index (χ0) is 19.2. The quantitative estimate of drug-likeness (QED) is 0.876. The van der Waals surface area contributed by atoms with E-state index >= 15 is 0 Å². The molecule has 1 saturated carbocycles. The van der Waals surface area contributed by atoms with Crippen LogP contribution in [0.15, 0.2) is 6.33 Å². The van der Waals surface area contributed by atoms with Crippen molar-refractivity contribution in [1.82, 2.24) is 14.9 Å². The molecular weight excluding hydrogens is 351 g/mol. The molecule has 2 aliphatic rings. The van der Waals surface area contributed by atoms with Crippen LogP contribution in [-0.4, -0.2) is 58.9 Å². The highest BCUT2D eigenvalue weighted by atomic mass is 19.4. The molecule has 6 nitrogen and oxygen atoms in total. The summed E-state index contributed by atoms with van der Waals surface area (Å²) in [6, 6.07) is 0. The standard InChI is InChI=1S/C15H23N3O.C2HF3O2/c1-19-15-13-6-8-18(10-12-4-2-3-5-12)9-7-14(13)16-11-17-15;3-2(4,5)1(6)7/h11-12H,2-10H2,1H3;(H,6,7). The van der Waals surface area contributed by atoms with E-state index in [1.807, 2.05) is 0 Å². The van der Waals surface area contributed by atoms with E-state index in [4.69, 9.17) is 14.6 Å². The Kier molecular flexibility index (Phi) is 7.19. The number of hydrogen-bond acceptors (Lipinski definition) is 5. The smallest absolute Gasteiger partial charge is 0.481 e. The first-order chi connectivity index (χ1) is 12.3. The Morgan fingerprint density at radius 1 is 1.27 bits per heavy atom. The van der Waals surface area contributed by atoms with Crippen LogP contribution >= 0.6 is 0 Å². The molecule has 0 radical (unpaired) electrons. The summed E-state index contributed by atoms with van der Waals surface area (Å²) in [5.41, 5.74) is 2.40. The van der Waals surface area contributed by atoms with Gasteiger partial charge in [-0.1, -0.05) is 12.8 Å². The summed E-state index contributed by atoms with van der Waals surface area (Å²) in [5, 5.41) is 7.12. The summed E-state index contributed by atoms with van der Waals surface area (Å²) < 4.78 is 37.1. The number of carbonyl (C=O) groups is 1. The van der Waals surface area contributed by atoms with Gasteiger partial charge in [-0.2, -0.15) is 13.2 Å². The first-order valence-corrected chi connectivity index (χ1v) is 8.70. The van der Waals surface area contributed by atoms with Gasteiger partial charge in [-0.05, 0) is 25.2 Å². The monoisotopic (exact) mass is 375 g/mol. The van der Waals surface area contributed by atoms with Gasteiger partial charge in [0.05, 0.1) is 12.8 Å². The Morgan fingerprint density at radius 2 is 1.88 bits per heavy atom. The summed E-state index contributed by atoms with van der Waals surface area (Å²) in [5.74, 6) is -1.06. The van der Waals surface area contributed by atoms with Crippen LogP contribution in [0.25, 0.3) is 0 Å². The molecule has 2 heterocycles. The minimum atomic E-state index is -5.08. The second kappa shape index (κ2) is 9.16. The van der Waals surface area contributed by atoms with Crippen LogP contribution in [0.5, 0.6) is 5.88 Å². The maximum Gasteiger partial charge on any atom is 0.490 e. The summed E-state index contributed by atoms with van der Waals surface area (Å²) in [4.78, 5) is 20.2. The molecule has 0 spiro atoms. The highest BCUT2D eigenvalue weighted by Gasteiger charge is 2.38. The lowest BCUT2D eigenvalue weighted by Gasteiger charge is -2.23. The summed E-state index contributed by atoms with van der Waals surface area (Å²) in [6.45, 7) is 3.51. The molecule has 146 valence electrons. The SMILES string of the molecule is COc1ncnc2c1CCN(CC1CCCC1)CC2.O=C(O)C(F)(F)F. The number of aromatic nitrogens is 2. The molecular formula is C17H24F3N3O3. The zero-order valence-electron chi connectivity index (χ0n) is 14.8. The summed E-state index contributed by atoms with van der Waals surface area (Å²) in [7, 11) is 1.70. The number of aliphatic carboxylic acids is 1. The molecule has 0 unspecified atom stereocenters. The number of methoxy groups -OCH3 is 1. The van der Waals surface area contributed by atoms with Crippen molar-refractivity contribution in [3.8, 4) is 5.88 Å². The number of ether oxygens (including phenoxy) is 1. The lowest BCUT2D eigenvalue weighted by atomic mass is 10.1. The van der Waals surface area contributed by atoms with E-state index in [0.717, 1.165) is 37.7 Å². The molecule has 0 saturated heterocycles. The van der Waals surface area contributed by atoms with Gasteiger partial charge in [0.1, 0.15) is 6.33 Å². The van der Waals surface area contributed by atoms with E-state index in [0.29, 0.717) is 0 Å². The van der Waals surface area contributed by atoms with Crippen LogP contribution in [-0.2, 0) is 17.6 Å². The molecule has 0 bridgehead atoms. The second-order valence-electron chi connectivity index (χ2n) is 6.56. The van der Waals surface area contributed by atoms with Crippen LogP contribution in [0, 0.1) is 5.92 Å². The first-order valence-electron chi connectivity index (χ1n) is 8.70. The van der Waals surface area contributed by atoms with Gasteiger partial charge in [0.15, 0.2) is 0 Å². The number of hydrogen-bond donors (Lipinski definition) is 1. The minimum Gasteiger partial charge on any atom is -0.481 e. The molecule has 1 aromatic rings. The van der Waals surface area contributed by atoms with E-state index in [9.17, 15) is 13.2 Å². The molecule has 1 aromatic heterocycles. The lowest BCUT2D eigenvalue weighted by molar-refractivity contribution is -0.192. The second-order valence-corrected chi connectivity index (χ2v) is 6.56. The average Bonchev–Trinajstić information content (AvgIpc) is 3.01. The zero-order valence-corrected chi connectivity index (χ0v) is 14.8. The lowest BCUT2D eigenvalue weighted by Crippen LogP contribution is -2.31. The Bertz CT molecular complexity index is 605. The number of nitrogens with zero attached hydrogens (tertiary/aromatic N) is 3. The molecule has 0 aromatic carbocycles. The molecule has 0 atom stereocenters. The Balaban J connectivity index is 0.000000298. The van der Waals surface area contributed by atoms with Crippen LogP contribution in [0.4, 0.5) is 13.2 Å². The van der Waals surface area contributed by atoms with Gasteiger partial charge in [0.2, 0.25) is 5.88 Å². The van der Waals surface area contributed by atoms with Crippen molar-refractivity contribution in [1.29, 1.82) is 0 Å². The van der Waals surface area contributed by atoms with E-state index < -0.39 is 12.1 Å². The van der Waals surface area contributed by atoms with Gasteiger partial charge in [-0.25, -0.2) is 14.8 Å². The number of carboxylic acid groups (broad SMARTS) is 1. The largest absolute Gasteiger partial charge is 0.490 e. The fourth-order valence-electron chi connectivity index (χ4n) is 3.46. The highest BCUT2D eigenvalue weighted by Crippen LogP contribution is 2.27. The number of fused-ring (bicyclic) bond motifs is 1. The molecule has 0 amide bonds. The molecule has 3 rings (SSSR count). The summed E-state index contributed by atoms with van der Waals surface area (Å²) >= 11 is 0. The van der Waals surface area contributed by atoms with Crippen molar-refractivity contribution in [3.05, 3.63) is 17.6 Å². The van der Waals surface area contributed by atoms with Crippen molar-refractivity contribution in [3.63, 3.8) is 0 Å². The minimum absolute atomic E-state index is 0.771. The van der Waals surface area contributed by atoms with Crippen molar-refractivity contribution in [2.45, 2.75) is 44.7 Å². The van der Waals surface area contributed by atoms with E-state index in [2.05, 4.69) is 14.9 Å². The van der Waals surface area contributed by atoms with Crippen molar-refractivity contribution < 1.29 is 27.8 Å². The molecule has 1 aliphatic carbocycles. The van der Waals surface area contributed by atoms with Gasteiger partial charge in [-0.3, -0.25) is 0 Å². The topological polar surface area (TPSA) is 75.6 Å². The normalized spacial score (nSPS) is 18.5. The van der Waals surface area contributed by atoms with Crippen LogP contribution < -0.4 is 4.74 Å². The maximum atomic E-state index is 10.6. The number of rotatable bonds is 3. The van der Waals surface area contributed by atoms with Crippen LogP contribution in [0.1, 0.15) is 36.9 Å². The Hall–Kier alpha value is -1.90. The third-order valence-electron chi connectivity index (χ3n) is 4.76. The van der Waals surface area contributed by atoms with Gasteiger partial charge < -0.3 is 14.7 Å². The van der Waals surface area contributed by atoms with Gasteiger partial charge in [0.25, 0.3) is 0 Å². The molecule has 26 heavy (non-hydrogen) atoms.